The Morgan fingerprint density at radius 3 is 2.70 bits per heavy atom. The van der Waals surface area contributed by atoms with E-state index in [0.29, 0.717) is 0 Å². The summed E-state index contributed by atoms with van der Waals surface area (Å²) in [6.07, 6.45) is 3.43. The molecule has 0 aliphatic heterocycles. The van der Waals surface area contributed by atoms with Gasteiger partial charge in [-0.05, 0) is 12.2 Å². The molecule has 0 aliphatic rings. The molecule has 0 radical (unpaired) electrons. The predicted molar refractivity (Wildman–Crippen MR) is 48.0 cm³/mol. The van der Waals surface area contributed by atoms with E-state index in [1.54, 1.807) is 6.08 Å². The van der Waals surface area contributed by atoms with Gasteiger partial charge in [0.05, 0.1) is 0 Å². The van der Waals surface area contributed by atoms with Gasteiger partial charge in [-0.1, -0.05) is 6.08 Å². The highest BCUT2D eigenvalue weighted by Crippen LogP contribution is 2.03. The molecule has 0 saturated heterocycles. The van der Waals surface area contributed by atoms with Gasteiger partial charge in [-0.15, -0.1) is 0 Å². The Balaban J connectivity index is 3.55. The van der Waals surface area contributed by atoms with E-state index < -0.39 is 5.97 Å². The van der Waals surface area contributed by atoms with Crippen molar-refractivity contribution in [2.75, 3.05) is 5.75 Å². The lowest BCUT2D eigenvalue weighted by Crippen LogP contribution is -1.96. The van der Waals surface area contributed by atoms with Crippen molar-refractivity contribution in [3.63, 3.8) is 0 Å². The van der Waals surface area contributed by atoms with E-state index in [0.717, 1.165) is 18.2 Å². The van der Waals surface area contributed by atoms with Gasteiger partial charge in [0.25, 0.3) is 0 Å². The van der Waals surface area contributed by atoms with Crippen LogP contribution in [0.2, 0.25) is 0 Å². The summed E-state index contributed by atoms with van der Waals surface area (Å²) >= 11 is 8.06. The maximum absolute atomic E-state index is 9.97. The van der Waals surface area contributed by atoms with Crippen LogP contribution in [0.1, 0.15) is 6.42 Å². The Morgan fingerprint density at radius 2 is 2.30 bits per heavy atom. The van der Waals surface area contributed by atoms with Crippen LogP contribution in [0, 0.1) is 0 Å². The number of carboxylic acids is 1. The average molecular weight is 178 g/mol. The summed E-state index contributed by atoms with van der Waals surface area (Å²) in [5, 5.41) is 8.20. The highest BCUT2D eigenvalue weighted by Gasteiger charge is 1.95. The van der Waals surface area contributed by atoms with Crippen LogP contribution < -0.4 is 0 Å². The smallest absolute Gasteiger partial charge is 0.328 e. The zero-order valence-corrected chi connectivity index (χ0v) is 7.19. The molecular weight excluding hydrogens is 168 g/mol. The van der Waals surface area contributed by atoms with Crippen molar-refractivity contribution in [1.29, 1.82) is 0 Å². The third-order valence-electron chi connectivity index (χ3n) is 0.886. The molecule has 0 fully saturated rings. The Morgan fingerprint density at radius 1 is 1.70 bits per heavy atom. The second-order valence-corrected chi connectivity index (χ2v) is 2.89. The van der Waals surface area contributed by atoms with E-state index in [-0.39, 0.29) is 5.25 Å². The van der Waals surface area contributed by atoms with Gasteiger partial charge < -0.3 is 5.11 Å². The molecule has 0 aromatic heterocycles. The van der Waals surface area contributed by atoms with Crippen LogP contribution in [-0.2, 0) is 4.79 Å². The molecule has 0 rings (SSSR count). The van der Waals surface area contributed by atoms with E-state index in [2.05, 4.69) is 25.3 Å². The quantitative estimate of drug-likeness (QED) is 0.447. The Kier molecular flexibility index (Phi) is 5.63. The van der Waals surface area contributed by atoms with Gasteiger partial charge in [-0.25, -0.2) is 4.79 Å². The molecule has 0 heterocycles. The molecule has 0 aromatic rings. The third kappa shape index (κ3) is 6.04. The summed E-state index contributed by atoms with van der Waals surface area (Å²) < 4.78 is 0. The number of aliphatic carboxylic acids is 1. The fourth-order valence-corrected chi connectivity index (χ4v) is 1.12. The number of carbonyl (C=O) groups is 1. The van der Waals surface area contributed by atoms with Crippen molar-refractivity contribution in [2.24, 2.45) is 0 Å². The lowest BCUT2D eigenvalue weighted by molar-refractivity contribution is -0.131. The largest absolute Gasteiger partial charge is 0.478 e. The highest BCUT2D eigenvalue weighted by atomic mass is 32.1. The van der Waals surface area contributed by atoms with Gasteiger partial charge in [-0.2, -0.15) is 25.3 Å². The minimum Gasteiger partial charge on any atom is -0.478 e. The number of thiol groups is 2. The first-order chi connectivity index (χ1) is 4.66. The minimum absolute atomic E-state index is 0.00796. The van der Waals surface area contributed by atoms with Gasteiger partial charge in [0.15, 0.2) is 0 Å². The maximum Gasteiger partial charge on any atom is 0.328 e. The van der Waals surface area contributed by atoms with Gasteiger partial charge >= 0.3 is 5.97 Å². The highest BCUT2D eigenvalue weighted by molar-refractivity contribution is 7.81. The molecule has 58 valence electrons. The molecular formula is C6H10O2S2. The van der Waals surface area contributed by atoms with Crippen LogP contribution in [0.4, 0.5) is 0 Å². The second kappa shape index (κ2) is 5.68. The second-order valence-electron chi connectivity index (χ2n) is 1.78. The van der Waals surface area contributed by atoms with Crippen LogP contribution in [0.15, 0.2) is 12.2 Å². The molecule has 1 unspecified atom stereocenters. The van der Waals surface area contributed by atoms with Crippen molar-refractivity contribution in [2.45, 2.75) is 11.7 Å². The molecule has 0 saturated carbocycles. The zero-order chi connectivity index (χ0) is 7.98. The normalized spacial score (nSPS) is 13.8. The topological polar surface area (TPSA) is 37.3 Å². The fraction of sp³-hybridized carbons (Fsp3) is 0.500. The van der Waals surface area contributed by atoms with Crippen LogP contribution in [0.25, 0.3) is 0 Å². The number of rotatable bonds is 4. The first kappa shape index (κ1) is 9.91. The van der Waals surface area contributed by atoms with E-state index >= 15 is 0 Å². The van der Waals surface area contributed by atoms with E-state index in [4.69, 9.17) is 5.11 Å². The van der Waals surface area contributed by atoms with Crippen molar-refractivity contribution in [3.05, 3.63) is 12.2 Å². The molecule has 2 nitrogen and oxygen atoms in total. The maximum atomic E-state index is 9.97. The summed E-state index contributed by atoms with van der Waals surface area (Å²) in [6.45, 7) is 0. The monoisotopic (exact) mass is 178 g/mol. The number of hydrogen-bond acceptors (Lipinski definition) is 3. The fourth-order valence-electron chi connectivity index (χ4n) is 0.422. The third-order valence-corrected chi connectivity index (χ3v) is 1.57. The van der Waals surface area contributed by atoms with Crippen LogP contribution in [0.3, 0.4) is 0 Å². The first-order valence-corrected chi connectivity index (χ1v) is 4.01. The summed E-state index contributed by atoms with van der Waals surface area (Å²) in [6, 6.07) is 0. The summed E-state index contributed by atoms with van der Waals surface area (Å²) in [7, 11) is 0. The van der Waals surface area contributed by atoms with Crippen molar-refractivity contribution in [3.8, 4) is 0 Å². The SMILES string of the molecule is O=C(O)C=CC(S)CCS. The van der Waals surface area contributed by atoms with Crippen molar-refractivity contribution in [1.82, 2.24) is 0 Å². The minimum atomic E-state index is -0.932. The first-order valence-electron chi connectivity index (χ1n) is 2.87. The molecule has 4 heteroatoms. The van der Waals surface area contributed by atoms with E-state index in [9.17, 15) is 4.79 Å². The van der Waals surface area contributed by atoms with Crippen LogP contribution >= 0.6 is 25.3 Å². The van der Waals surface area contributed by atoms with Crippen molar-refractivity contribution >= 4 is 31.2 Å². The predicted octanol–water partition coefficient (Wildman–Crippen LogP) is 1.25. The Bertz CT molecular complexity index is 134. The summed E-state index contributed by atoms with van der Waals surface area (Å²) in [5.74, 6) is -0.212. The molecule has 0 bridgehead atoms. The molecule has 1 N–H and O–H groups in total. The van der Waals surface area contributed by atoms with Gasteiger partial charge in [0, 0.05) is 11.3 Å². The molecule has 0 aliphatic carbocycles. The molecule has 10 heavy (non-hydrogen) atoms. The molecule has 0 spiro atoms. The number of carboxylic acid groups (broad SMARTS) is 1. The molecule has 0 amide bonds. The van der Waals surface area contributed by atoms with Crippen LogP contribution in [0.5, 0.6) is 0 Å². The summed E-state index contributed by atoms with van der Waals surface area (Å²) in [4.78, 5) is 9.97. The summed E-state index contributed by atoms with van der Waals surface area (Å²) in [5.41, 5.74) is 0. The Hall–Kier alpha value is -0.0900. The van der Waals surface area contributed by atoms with Gasteiger partial charge in [-0.3, -0.25) is 0 Å². The lowest BCUT2D eigenvalue weighted by Gasteiger charge is -1.98. The average Bonchev–Trinajstić information content (AvgIpc) is 1.85. The van der Waals surface area contributed by atoms with Gasteiger partial charge in [0.2, 0.25) is 0 Å². The molecule has 1 atom stereocenters. The molecule has 0 aromatic carbocycles. The number of hydrogen-bond donors (Lipinski definition) is 3. The lowest BCUT2D eigenvalue weighted by atomic mass is 10.3. The van der Waals surface area contributed by atoms with Gasteiger partial charge in [0.1, 0.15) is 0 Å². The van der Waals surface area contributed by atoms with Crippen LogP contribution in [-0.4, -0.2) is 22.1 Å². The zero-order valence-electron chi connectivity index (χ0n) is 5.40. The van der Waals surface area contributed by atoms with Crippen molar-refractivity contribution < 1.29 is 9.90 Å². The standard InChI is InChI=1S/C6H10O2S2/c7-6(8)2-1-5(10)3-4-9/h1-2,5,9-10H,3-4H2,(H,7,8). The Labute approximate surface area is 71.1 Å². The van der Waals surface area contributed by atoms with E-state index in [1.165, 1.54) is 0 Å². The van der Waals surface area contributed by atoms with E-state index in [1.807, 2.05) is 0 Å².